The molecule has 1 saturated heterocycles. The third-order valence-corrected chi connectivity index (χ3v) is 3.97. The average Bonchev–Trinajstić information content (AvgIpc) is 2.38. The minimum atomic E-state index is -1.10. The van der Waals surface area contributed by atoms with E-state index in [1.807, 2.05) is 0 Å². The van der Waals surface area contributed by atoms with E-state index in [0.29, 0.717) is 19.2 Å². The number of hydrogen-bond donors (Lipinski definition) is 2. The third-order valence-electron chi connectivity index (χ3n) is 3.97. The van der Waals surface area contributed by atoms with E-state index >= 15 is 0 Å². The van der Waals surface area contributed by atoms with Gasteiger partial charge in [0, 0.05) is 32.7 Å². The number of hydrogen-bond acceptors (Lipinski definition) is 4. The van der Waals surface area contributed by atoms with E-state index in [1.54, 1.807) is 0 Å². The molecule has 5 nitrogen and oxygen atoms in total. The summed E-state index contributed by atoms with van der Waals surface area (Å²) in [6.07, 6.45) is 3.22. The predicted octanol–water partition coefficient (Wildman–Crippen LogP) is 0.163. The van der Waals surface area contributed by atoms with Crippen molar-refractivity contribution in [2.45, 2.75) is 37.5 Å². The molecule has 19 heavy (non-hydrogen) atoms. The molecule has 1 aliphatic rings. The fourth-order valence-electron chi connectivity index (χ4n) is 2.35. The molecule has 0 bridgehead atoms. The molecule has 0 saturated carbocycles. The molecule has 0 spiro atoms. The first-order valence-corrected chi connectivity index (χ1v) is 7.11. The Morgan fingerprint density at radius 1 is 1.26 bits per heavy atom. The number of unbranched alkanes of at least 4 members (excludes halogenated alkanes) is 1. The highest BCUT2D eigenvalue weighted by atomic mass is 16.4. The van der Waals surface area contributed by atoms with E-state index in [1.165, 1.54) is 0 Å². The molecule has 0 aromatic carbocycles. The molecule has 6 heteroatoms. The van der Waals surface area contributed by atoms with Crippen molar-refractivity contribution in [3.05, 3.63) is 0 Å². The van der Waals surface area contributed by atoms with Gasteiger partial charge >= 0.3 is 5.97 Å². The van der Waals surface area contributed by atoms with Crippen molar-refractivity contribution in [3.63, 3.8) is 0 Å². The Bertz CT molecular complexity index is 283. The number of rotatable bonds is 8. The molecule has 1 rings (SSSR count). The number of aliphatic carboxylic acids is 1. The number of nitrogens with two attached hydrogens (primary N) is 1. The van der Waals surface area contributed by atoms with Crippen LogP contribution in [-0.2, 0) is 4.79 Å². The Hall–Kier alpha value is -0.585. The molecule has 1 fully saturated rings. The van der Waals surface area contributed by atoms with Gasteiger partial charge in [-0.05, 0) is 19.9 Å². The topological polar surface area (TPSA) is 69.8 Å². The van der Waals surface area contributed by atoms with Gasteiger partial charge in [-0.25, -0.2) is 0 Å². The number of piperazine rings is 1. The standard InChI is InChI=1S/C13H26BN3O2/c1-16-8-10-17(11-9-16)7-5-13(15,12(18)19)4-2-3-6-14/h2-11,15H2,1H3,(H,18,19). The SMILES string of the molecule is [B]CCCCC(N)(CCN1CCN(C)CC1)C(=O)O. The maximum atomic E-state index is 11.4. The highest BCUT2D eigenvalue weighted by molar-refractivity contribution is 6.08. The van der Waals surface area contributed by atoms with Gasteiger partial charge in [-0.2, -0.15) is 0 Å². The van der Waals surface area contributed by atoms with Crippen LogP contribution in [0.15, 0.2) is 0 Å². The lowest BCUT2D eigenvalue weighted by Crippen LogP contribution is -2.52. The summed E-state index contributed by atoms with van der Waals surface area (Å²) in [5, 5.41) is 9.32. The van der Waals surface area contributed by atoms with Crippen LogP contribution in [0, 0.1) is 0 Å². The molecule has 1 heterocycles. The van der Waals surface area contributed by atoms with Gasteiger partial charge in [0.05, 0.1) is 7.85 Å². The van der Waals surface area contributed by atoms with Gasteiger partial charge < -0.3 is 20.6 Å². The number of likely N-dealkylation sites (N-methyl/N-ethyl adjacent to an activating group) is 1. The van der Waals surface area contributed by atoms with Crippen LogP contribution in [0.2, 0.25) is 6.32 Å². The monoisotopic (exact) mass is 267 g/mol. The average molecular weight is 267 g/mol. The van der Waals surface area contributed by atoms with Crippen LogP contribution in [0.25, 0.3) is 0 Å². The smallest absolute Gasteiger partial charge is 0.323 e. The molecule has 0 amide bonds. The molecule has 1 unspecified atom stereocenters. The molecule has 0 aliphatic carbocycles. The maximum absolute atomic E-state index is 11.4. The summed E-state index contributed by atoms with van der Waals surface area (Å²) in [4.78, 5) is 15.9. The molecular weight excluding hydrogens is 241 g/mol. The summed E-state index contributed by atoms with van der Waals surface area (Å²) < 4.78 is 0. The molecule has 0 aromatic heterocycles. The summed E-state index contributed by atoms with van der Waals surface area (Å²) >= 11 is 0. The summed E-state index contributed by atoms with van der Waals surface area (Å²) in [7, 11) is 7.54. The molecule has 2 radical (unpaired) electrons. The van der Waals surface area contributed by atoms with Crippen molar-refractivity contribution in [2.24, 2.45) is 5.73 Å². The number of carbonyl (C=O) groups is 1. The van der Waals surface area contributed by atoms with Crippen LogP contribution in [0.4, 0.5) is 0 Å². The maximum Gasteiger partial charge on any atom is 0.323 e. The molecule has 1 aliphatic heterocycles. The highest BCUT2D eigenvalue weighted by Gasteiger charge is 2.33. The van der Waals surface area contributed by atoms with Gasteiger partial charge in [0.25, 0.3) is 0 Å². The highest BCUT2D eigenvalue weighted by Crippen LogP contribution is 2.18. The van der Waals surface area contributed by atoms with Gasteiger partial charge in [0.1, 0.15) is 5.54 Å². The molecule has 108 valence electrons. The Balaban J connectivity index is 2.38. The Morgan fingerprint density at radius 3 is 2.42 bits per heavy atom. The lowest BCUT2D eigenvalue weighted by molar-refractivity contribution is -0.144. The summed E-state index contributed by atoms with van der Waals surface area (Å²) in [5.41, 5.74) is 4.95. The number of carboxylic acid groups (broad SMARTS) is 1. The minimum Gasteiger partial charge on any atom is -0.480 e. The van der Waals surface area contributed by atoms with E-state index in [4.69, 9.17) is 13.6 Å². The van der Waals surface area contributed by atoms with Gasteiger partial charge in [0.2, 0.25) is 0 Å². The van der Waals surface area contributed by atoms with Crippen LogP contribution in [0.5, 0.6) is 0 Å². The second-order valence-corrected chi connectivity index (χ2v) is 5.60. The Kier molecular flexibility index (Phi) is 6.82. The van der Waals surface area contributed by atoms with Gasteiger partial charge in [-0.15, -0.1) is 0 Å². The van der Waals surface area contributed by atoms with Gasteiger partial charge in [-0.3, -0.25) is 4.79 Å². The van der Waals surface area contributed by atoms with Crippen LogP contribution >= 0.6 is 0 Å². The zero-order valence-electron chi connectivity index (χ0n) is 12.0. The van der Waals surface area contributed by atoms with Crippen molar-refractivity contribution >= 4 is 13.8 Å². The molecule has 1 atom stereocenters. The third kappa shape index (κ3) is 5.51. The fraction of sp³-hybridized carbons (Fsp3) is 0.923. The van der Waals surface area contributed by atoms with Crippen molar-refractivity contribution < 1.29 is 9.90 Å². The Labute approximate surface area is 117 Å². The van der Waals surface area contributed by atoms with Crippen LogP contribution in [-0.4, -0.2) is 74.0 Å². The minimum absolute atomic E-state index is 0.507. The van der Waals surface area contributed by atoms with E-state index in [2.05, 4.69) is 16.8 Å². The first-order valence-electron chi connectivity index (χ1n) is 7.11. The van der Waals surface area contributed by atoms with Gasteiger partial charge in [-0.1, -0.05) is 19.2 Å². The summed E-state index contributed by atoms with van der Waals surface area (Å²) in [6.45, 7) is 4.83. The van der Waals surface area contributed by atoms with Crippen LogP contribution in [0.1, 0.15) is 25.7 Å². The van der Waals surface area contributed by atoms with Gasteiger partial charge in [0.15, 0.2) is 0 Å². The lowest BCUT2D eigenvalue weighted by Gasteiger charge is -2.34. The molecule has 3 N–H and O–H groups in total. The molecule has 0 aromatic rings. The van der Waals surface area contributed by atoms with E-state index < -0.39 is 11.5 Å². The lowest BCUT2D eigenvalue weighted by atomic mass is 9.88. The Morgan fingerprint density at radius 2 is 1.89 bits per heavy atom. The first kappa shape index (κ1) is 16.5. The fourth-order valence-corrected chi connectivity index (χ4v) is 2.35. The van der Waals surface area contributed by atoms with Crippen LogP contribution < -0.4 is 5.73 Å². The summed E-state index contributed by atoms with van der Waals surface area (Å²) in [5.74, 6) is -0.890. The quantitative estimate of drug-likeness (QED) is 0.484. The van der Waals surface area contributed by atoms with E-state index in [9.17, 15) is 9.90 Å². The largest absolute Gasteiger partial charge is 0.480 e. The zero-order valence-corrected chi connectivity index (χ0v) is 12.0. The van der Waals surface area contributed by atoms with E-state index in [0.717, 1.165) is 45.6 Å². The first-order chi connectivity index (χ1) is 8.98. The number of carboxylic acids is 1. The van der Waals surface area contributed by atoms with Crippen LogP contribution in [0.3, 0.4) is 0 Å². The van der Waals surface area contributed by atoms with Crippen molar-refractivity contribution in [3.8, 4) is 0 Å². The summed E-state index contributed by atoms with van der Waals surface area (Å²) in [6, 6.07) is 0. The molecular formula is C13H26BN3O2. The second kappa shape index (κ2) is 7.87. The number of nitrogens with zero attached hydrogens (tertiary/aromatic N) is 2. The predicted molar refractivity (Wildman–Crippen MR) is 77.5 cm³/mol. The normalized spacial score (nSPS) is 21.2. The second-order valence-electron chi connectivity index (χ2n) is 5.60. The van der Waals surface area contributed by atoms with Crippen molar-refractivity contribution in [2.75, 3.05) is 39.8 Å². The zero-order chi connectivity index (χ0) is 14.3. The van der Waals surface area contributed by atoms with Crippen molar-refractivity contribution in [1.82, 2.24) is 9.80 Å². The van der Waals surface area contributed by atoms with E-state index in [-0.39, 0.29) is 0 Å². The van der Waals surface area contributed by atoms with Crippen molar-refractivity contribution in [1.29, 1.82) is 0 Å².